The molecule has 0 radical (unpaired) electrons. The molecule has 1 fully saturated rings. The average Bonchev–Trinajstić information content (AvgIpc) is 2.94. The maximum atomic E-state index is 11.9. The Labute approximate surface area is 126 Å². The third-order valence-electron chi connectivity index (χ3n) is 3.04. The van der Waals surface area contributed by atoms with Crippen LogP contribution in [0, 0.1) is 0 Å². The SMILES string of the molecule is CC(C)(C)OC(=O)NC1(C(=O)O)CCN(c2nncs2)C1. The number of hydrogen-bond acceptors (Lipinski definition) is 7. The van der Waals surface area contributed by atoms with Crippen LogP contribution in [0.5, 0.6) is 0 Å². The predicted molar refractivity (Wildman–Crippen MR) is 76.5 cm³/mol. The summed E-state index contributed by atoms with van der Waals surface area (Å²) < 4.78 is 5.14. The quantitative estimate of drug-likeness (QED) is 0.860. The first kappa shape index (κ1) is 15.5. The van der Waals surface area contributed by atoms with Crippen LogP contribution in [0.3, 0.4) is 0 Å². The molecule has 0 bridgehead atoms. The van der Waals surface area contributed by atoms with E-state index in [2.05, 4.69) is 15.5 Å². The van der Waals surface area contributed by atoms with Gasteiger partial charge in [-0.1, -0.05) is 11.3 Å². The van der Waals surface area contributed by atoms with Crippen LogP contribution in [0.25, 0.3) is 0 Å². The number of ether oxygens (including phenoxy) is 1. The van der Waals surface area contributed by atoms with Gasteiger partial charge in [-0.05, 0) is 20.8 Å². The summed E-state index contributed by atoms with van der Waals surface area (Å²) in [7, 11) is 0. The lowest BCUT2D eigenvalue weighted by Crippen LogP contribution is -2.57. The highest BCUT2D eigenvalue weighted by molar-refractivity contribution is 7.13. The Morgan fingerprint density at radius 1 is 1.52 bits per heavy atom. The second-order valence-electron chi connectivity index (χ2n) is 5.91. The number of aliphatic carboxylic acids is 1. The highest BCUT2D eigenvalue weighted by atomic mass is 32.1. The number of carboxylic acid groups (broad SMARTS) is 1. The number of alkyl carbamates (subject to hydrolysis) is 1. The molecular formula is C12H18N4O4S. The molecule has 1 aromatic heterocycles. The third kappa shape index (κ3) is 3.60. The highest BCUT2D eigenvalue weighted by Crippen LogP contribution is 2.28. The summed E-state index contributed by atoms with van der Waals surface area (Å²) >= 11 is 1.33. The number of aromatic nitrogens is 2. The maximum Gasteiger partial charge on any atom is 0.408 e. The van der Waals surface area contributed by atoms with Crippen molar-refractivity contribution in [1.82, 2.24) is 15.5 Å². The Kier molecular flexibility index (Phi) is 4.04. The lowest BCUT2D eigenvalue weighted by atomic mass is 9.99. The molecule has 1 aliphatic rings. The zero-order chi connectivity index (χ0) is 15.7. The van der Waals surface area contributed by atoms with Crippen LogP contribution >= 0.6 is 11.3 Å². The summed E-state index contributed by atoms with van der Waals surface area (Å²) in [5.41, 5.74) is -0.466. The Morgan fingerprint density at radius 3 is 2.76 bits per heavy atom. The van der Waals surface area contributed by atoms with Gasteiger partial charge in [0.15, 0.2) is 5.54 Å². The molecule has 1 aromatic rings. The normalized spacial score (nSPS) is 22.1. The van der Waals surface area contributed by atoms with Gasteiger partial charge in [-0.25, -0.2) is 9.59 Å². The van der Waals surface area contributed by atoms with E-state index in [1.807, 2.05) is 0 Å². The van der Waals surface area contributed by atoms with Crippen LogP contribution in [-0.4, -0.2) is 51.6 Å². The molecule has 21 heavy (non-hydrogen) atoms. The largest absolute Gasteiger partial charge is 0.479 e. The van der Waals surface area contributed by atoms with Gasteiger partial charge in [0.1, 0.15) is 11.1 Å². The van der Waals surface area contributed by atoms with Crippen LogP contribution in [-0.2, 0) is 9.53 Å². The molecule has 1 saturated heterocycles. The number of rotatable bonds is 3. The second kappa shape index (κ2) is 5.47. The van der Waals surface area contributed by atoms with Crippen LogP contribution in [0.2, 0.25) is 0 Å². The zero-order valence-electron chi connectivity index (χ0n) is 12.1. The van der Waals surface area contributed by atoms with E-state index in [1.165, 1.54) is 11.3 Å². The monoisotopic (exact) mass is 314 g/mol. The minimum atomic E-state index is -1.37. The topological polar surface area (TPSA) is 105 Å². The van der Waals surface area contributed by atoms with Gasteiger partial charge in [0.05, 0.1) is 6.54 Å². The van der Waals surface area contributed by atoms with Gasteiger partial charge in [0, 0.05) is 13.0 Å². The maximum absolute atomic E-state index is 11.9. The molecule has 9 heteroatoms. The Hall–Kier alpha value is -1.90. The fourth-order valence-electron chi connectivity index (χ4n) is 2.11. The number of amides is 1. The molecule has 2 heterocycles. The highest BCUT2D eigenvalue weighted by Gasteiger charge is 2.47. The fourth-order valence-corrected chi connectivity index (χ4v) is 2.69. The molecule has 1 aliphatic heterocycles. The summed E-state index contributed by atoms with van der Waals surface area (Å²) in [5.74, 6) is -1.08. The first-order valence-corrected chi connectivity index (χ1v) is 7.35. The summed E-state index contributed by atoms with van der Waals surface area (Å²) in [6.45, 7) is 5.79. The van der Waals surface area contributed by atoms with E-state index >= 15 is 0 Å². The van der Waals surface area contributed by atoms with E-state index in [1.54, 1.807) is 31.2 Å². The van der Waals surface area contributed by atoms with Gasteiger partial charge in [-0.3, -0.25) is 0 Å². The van der Waals surface area contributed by atoms with E-state index in [0.29, 0.717) is 11.7 Å². The molecular weight excluding hydrogens is 296 g/mol. The van der Waals surface area contributed by atoms with Crippen molar-refractivity contribution in [2.75, 3.05) is 18.0 Å². The molecule has 1 amide bonds. The summed E-state index contributed by atoms with van der Waals surface area (Å²) in [5, 5.41) is 20.3. The summed E-state index contributed by atoms with van der Waals surface area (Å²) in [4.78, 5) is 25.3. The van der Waals surface area contributed by atoms with Crippen molar-refractivity contribution in [3.05, 3.63) is 5.51 Å². The predicted octanol–water partition coefficient (Wildman–Crippen LogP) is 1.10. The lowest BCUT2D eigenvalue weighted by Gasteiger charge is -2.28. The molecule has 0 spiro atoms. The molecule has 116 valence electrons. The van der Waals surface area contributed by atoms with Gasteiger partial charge < -0.3 is 20.1 Å². The van der Waals surface area contributed by atoms with Gasteiger partial charge in [0.2, 0.25) is 5.13 Å². The van der Waals surface area contributed by atoms with E-state index in [4.69, 9.17) is 4.74 Å². The van der Waals surface area contributed by atoms with E-state index in [9.17, 15) is 14.7 Å². The molecule has 2 rings (SSSR count). The Balaban J connectivity index is 2.09. The smallest absolute Gasteiger partial charge is 0.408 e. The zero-order valence-corrected chi connectivity index (χ0v) is 12.9. The van der Waals surface area contributed by atoms with E-state index in [-0.39, 0.29) is 13.0 Å². The molecule has 0 aromatic carbocycles. The first-order chi connectivity index (χ1) is 9.72. The van der Waals surface area contributed by atoms with Crippen LogP contribution in [0.1, 0.15) is 27.2 Å². The van der Waals surface area contributed by atoms with Crippen molar-refractivity contribution in [2.24, 2.45) is 0 Å². The van der Waals surface area contributed by atoms with Crippen molar-refractivity contribution in [3.63, 3.8) is 0 Å². The summed E-state index contributed by atoms with van der Waals surface area (Å²) in [6, 6.07) is 0. The number of anilines is 1. The number of nitrogens with one attached hydrogen (secondary N) is 1. The Bertz CT molecular complexity index is 528. The molecule has 0 aliphatic carbocycles. The Morgan fingerprint density at radius 2 is 2.24 bits per heavy atom. The van der Waals surface area contributed by atoms with E-state index in [0.717, 1.165) is 0 Å². The number of nitrogens with zero attached hydrogens (tertiary/aromatic N) is 3. The van der Waals surface area contributed by atoms with Crippen molar-refractivity contribution < 1.29 is 19.4 Å². The van der Waals surface area contributed by atoms with E-state index < -0.39 is 23.2 Å². The van der Waals surface area contributed by atoms with Crippen molar-refractivity contribution >= 4 is 28.5 Å². The minimum Gasteiger partial charge on any atom is -0.479 e. The van der Waals surface area contributed by atoms with Crippen LogP contribution < -0.4 is 10.2 Å². The molecule has 0 saturated carbocycles. The molecule has 1 unspecified atom stereocenters. The first-order valence-electron chi connectivity index (χ1n) is 6.47. The number of carbonyl (C=O) groups is 2. The van der Waals surface area contributed by atoms with Crippen molar-refractivity contribution in [2.45, 2.75) is 38.3 Å². The summed E-state index contributed by atoms with van der Waals surface area (Å²) in [6.07, 6.45) is -0.453. The average molecular weight is 314 g/mol. The lowest BCUT2D eigenvalue weighted by molar-refractivity contribution is -0.143. The molecule has 1 atom stereocenters. The van der Waals surface area contributed by atoms with Gasteiger partial charge in [-0.15, -0.1) is 10.2 Å². The minimum absolute atomic E-state index is 0.136. The number of carboxylic acids is 1. The van der Waals surface area contributed by atoms with Crippen LogP contribution in [0.4, 0.5) is 9.93 Å². The molecule has 8 nitrogen and oxygen atoms in total. The van der Waals surface area contributed by atoms with Crippen molar-refractivity contribution in [1.29, 1.82) is 0 Å². The van der Waals surface area contributed by atoms with Gasteiger partial charge >= 0.3 is 12.1 Å². The second-order valence-corrected chi connectivity index (χ2v) is 6.72. The van der Waals surface area contributed by atoms with Gasteiger partial charge in [0.25, 0.3) is 0 Å². The van der Waals surface area contributed by atoms with Crippen LogP contribution in [0.15, 0.2) is 5.51 Å². The van der Waals surface area contributed by atoms with Gasteiger partial charge in [-0.2, -0.15) is 0 Å². The standard InChI is InChI=1S/C12H18N4O4S/c1-11(2,3)20-10(19)14-12(8(17)18)4-5-16(6-12)9-15-13-7-21-9/h7H,4-6H2,1-3H3,(H,14,19)(H,17,18). The van der Waals surface area contributed by atoms with Crippen molar-refractivity contribution in [3.8, 4) is 0 Å². The number of hydrogen-bond donors (Lipinski definition) is 2. The fraction of sp³-hybridized carbons (Fsp3) is 0.667. The number of carbonyl (C=O) groups excluding carboxylic acids is 1. The third-order valence-corrected chi connectivity index (χ3v) is 3.79. The molecule has 2 N–H and O–H groups in total.